The van der Waals surface area contributed by atoms with Crippen LogP contribution < -0.4 is 10.1 Å². The van der Waals surface area contributed by atoms with Crippen LogP contribution in [0, 0.1) is 0 Å². The van der Waals surface area contributed by atoms with E-state index in [2.05, 4.69) is 37.3 Å². The van der Waals surface area contributed by atoms with Gasteiger partial charge in [-0.15, -0.1) is 0 Å². The number of nitrogens with one attached hydrogen (secondary N) is 1. The molecule has 0 aliphatic carbocycles. The van der Waals surface area contributed by atoms with E-state index in [1.807, 2.05) is 18.2 Å². The molecule has 0 saturated carbocycles. The van der Waals surface area contributed by atoms with Crippen molar-refractivity contribution in [2.75, 3.05) is 19.0 Å². The summed E-state index contributed by atoms with van der Waals surface area (Å²) < 4.78 is 5.98. The van der Waals surface area contributed by atoms with Gasteiger partial charge in [0.1, 0.15) is 11.6 Å². The third-order valence-corrected chi connectivity index (χ3v) is 3.32. The first kappa shape index (κ1) is 14.1. The summed E-state index contributed by atoms with van der Waals surface area (Å²) in [5.74, 6) is 1.56. The van der Waals surface area contributed by atoms with E-state index in [-0.39, 0.29) is 5.28 Å². The predicted octanol–water partition coefficient (Wildman–Crippen LogP) is 3.56. The monoisotopic (exact) mass is 341 g/mol. The highest BCUT2D eigenvalue weighted by molar-refractivity contribution is 9.10. The molecule has 0 saturated heterocycles. The van der Waals surface area contributed by atoms with E-state index in [9.17, 15) is 0 Å². The highest BCUT2D eigenvalue weighted by Gasteiger charge is 2.03. The zero-order chi connectivity index (χ0) is 13.7. The minimum Gasteiger partial charge on any atom is -0.497 e. The van der Waals surface area contributed by atoms with E-state index in [0.717, 1.165) is 23.2 Å². The third-order valence-electron chi connectivity index (χ3n) is 2.55. The van der Waals surface area contributed by atoms with Crippen molar-refractivity contribution in [2.24, 2.45) is 0 Å². The van der Waals surface area contributed by atoms with Gasteiger partial charge in [-0.2, -0.15) is 4.98 Å². The van der Waals surface area contributed by atoms with Gasteiger partial charge < -0.3 is 10.1 Å². The van der Waals surface area contributed by atoms with Crippen molar-refractivity contribution in [2.45, 2.75) is 6.42 Å². The number of rotatable bonds is 5. The summed E-state index contributed by atoms with van der Waals surface area (Å²) in [5.41, 5.74) is 1.20. The van der Waals surface area contributed by atoms with Crippen LogP contribution in [0.2, 0.25) is 5.28 Å². The van der Waals surface area contributed by atoms with E-state index in [4.69, 9.17) is 16.3 Å². The first-order chi connectivity index (χ1) is 9.19. The maximum atomic E-state index is 5.75. The molecule has 6 heteroatoms. The molecule has 1 N–H and O–H groups in total. The summed E-state index contributed by atoms with van der Waals surface area (Å²) in [6.45, 7) is 0.749. The Morgan fingerprint density at radius 3 is 3.05 bits per heavy atom. The van der Waals surface area contributed by atoms with Crippen molar-refractivity contribution in [1.82, 2.24) is 9.97 Å². The van der Waals surface area contributed by atoms with Gasteiger partial charge in [-0.05, 0) is 51.6 Å². The molecule has 1 aromatic heterocycles. The minimum atomic E-state index is 0.229. The number of anilines is 1. The summed E-state index contributed by atoms with van der Waals surface area (Å²) >= 11 is 9.13. The number of hydrogen-bond acceptors (Lipinski definition) is 4. The molecule has 19 heavy (non-hydrogen) atoms. The van der Waals surface area contributed by atoms with Crippen LogP contribution in [-0.4, -0.2) is 23.6 Å². The Balaban J connectivity index is 1.94. The quantitative estimate of drug-likeness (QED) is 0.844. The number of hydrogen-bond donors (Lipinski definition) is 1. The van der Waals surface area contributed by atoms with E-state index in [1.165, 1.54) is 5.56 Å². The van der Waals surface area contributed by atoms with Gasteiger partial charge in [-0.3, -0.25) is 0 Å². The number of halogens is 2. The number of ether oxygens (including phenoxy) is 1. The van der Waals surface area contributed by atoms with Gasteiger partial charge in [0.05, 0.1) is 11.6 Å². The van der Waals surface area contributed by atoms with Crippen molar-refractivity contribution in [1.29, 1.82) is 0 Å². The molecular weight excluding hydrogens is 330 g/mol. The average molecular weight is 343 g/mol. The largest absolute Gasteiger partial charge is 0.497 e. The highest BCUT2D eigenvalue weighted by Crippen LogP contribution is 2.20. The van der Waals surface area contributed by atoms with E-state index >= 15 is 0 Å². The zero-order valence-corrected chi connectivity index (χ0v) is 12.7. The molecule has 0 aliphatic heterocycles. The Morgan fingerprint density at radius 2 is 2.26 bits per heavy atom. The van der Waals surface area contributed by atoms with Crippen LogP contribution >= 0.6 is 27.5 Å². The van der Waals surface area contributed by atoms with Crippen LogP contribution in [0.25, 0.3) is 0 Å². The molecule has 4 nitrogen and oxygen atoms in total. The summed E-state index contributed by atoms with van der Waals surface area (Å²) in [7, 11) is 1.66. The smallest absolute Gasteiger partial charge is 0.224 e. The van der Waals surface area contributed by atoms with Gasteiger partial charge in [0.2, 0.25) is 5.28 Å². The maximum absolute atomic E-state index is 5.75. The molecule has 0 radical (unpaired) electrons. The molecule has 2 aromatic rings. The fourth-order valence-corrected chi connectivity index (χ4v) is 2.09. The lowest BCUT2D eigenvalue weighted by Crippen LogP contribution is -2.07. The van der Waals surface area contributed by atoms with Gasteiger partial charge in [-0.1, -0.05) is 12.1 Å². The van der Waals surface area contributed by atoms with Gasteiger partial charge in [0, 0.05) is 12.7 Å². The van der Waals surface area contributed by atoms with E-state index < -0.39 is 0 Å². The van der Waals surface area contributed by atoms with E-state index in [1.54, 1.807) is 13.3 Å². The Morgan fingerprint density at radius 1 is 1.42 bits per heavy atom. The Bertz CT molecular complexity index is 565. The van der Waals surface area contributed by atoms with Crippen LogP contribution in [0.1, 0.15) is 5.56 Å². The van der Waals surface area contributed by atoms with Crippen LogP contribution in [0.4, 0.5) is 5.82 Å². The van der Waals surface area contributed by atoms with Crippen LogP contribution in [-0.2, 0) is 6.42 Å². The van der Waals surface area contributed by atoms with Crippen LogP contribution in [0.15, 0.2) is 34.9 Å². The Kier molecular flexibility index (Phi) is 4.99. The fraction of sp³-hybridized carbons (Fsp3) is 0.231. The molecule has 2 rings (SSSR count). The Labute approximate surface area is 125 Å². The van der Waals surface area contributed by atoms with Crippen molar-refractivity contribution < 1.29 is 4.74 Å². The van der Waals surface area contributed by atoms with Crippen molar-refractivity contribution in [3.05, 3.63) is 45.8 Å². The first-order valence-electron chi connectivity index (χ1n) is 5.74. The maximum Gasteiger partial charge on any atom is 0.224 e. The number of nitrogens with zero attached hydrogens (tertiary/aromatic N) is 2. The molecule has 0 unspecified atom stereocenters. The van der Waals surface area contributed by atoms with Gasteiger partial charge >= 0.3 is 0 Å². The molecule has 1 aromatic carbocycles. The summed E-state index contributed by atoms with van der Waals surface area (Å²) in [4.78, 5) is 7.99. The van der Waals surface area contributed by atoms with Crippen molar-refractivity contribution in [3.63, 3.8) is 0 Å². The molecule has 0 aliphatic rings. The number of aromatic nitrogens is 2. The lowest BCUT2D eigenvalue weighted by molar-refractivity contribution is 0.414. The average Bonchev–Trinajstić information content (AvgIpc) is 2.43. The summed E-state index contributed by atoms with van der Waals surface area (Å²) in [5, 5.41) is 3.45. The molecule has 0 spiro atoms. The lowest BCUT2D eigenvalue weighted by atomic mass is 10.1. The van der Waals surface area contributed by atoms with Gasteiger partial charge in [0.25, 0.3) is 0 Å². The molecule has 0 amide bonds. The van der Waals surface area contributed by atoms with Gasteiger partial charge in [0.15, 0.2) is 0 Å². The van der Waals surface area contributed by atoms with E-state index in [0.29, 0.717) is 5.82 Å². The topological polar surface area (TPSA) is 47.0 Å². The molecule has 100 valence electrons. The molecular formula is C13H13BrClN3O. The summed E-state index contributed by atoms with van der Waals surface area (Å²) in [6, 6.07) is 7.99. The fourth-order valence-electron chi connectivity index (χ4n) is 1.62. The first-order valence-corrected chi connectivity index (χ1v) is 6.91. The number of methoxy groups -OCH3 is 1. The Hall–Kier alpha value is -1.33. The summed E-state index contributed by atoms with van der Waals surface area (Å²) in [6.07, 6.45) is 2.49. The second kappa shape index (κ2) is 6.73. The minimum absolute atomic E-state index is 0.229. The van der Waals surface area contributed by atoms with Crippen molar-refractivity contribution >= 4 is 33.3 Å². The SMILES string of the molecule is COc1cccc(CCNc2nc(Cl)ncc2Br)c1. The predicted molar refractivity (Wildman–Crippen MR) is 79.9 cm³/mol. The number of benzene rings is 1. The van der Waals surface area contributed by atoms with Gasteiger partial charge in [-0.25, -0.2) is 4.98 Å². The van der Waals surface area contributed by atoms with Crippen LogP contribution in [0.3, 0.4) is 0 Å². The molecule has 0 bridgehead atoms. The van der Waals surface area contributed by atoms with Crippen molar-refractivity contribution in [3.8, 4) is 5.75 Å². The highest BCUT2D eigenvalue weighted by atomic mass is 79.9. The second-order valence-corrected chi connectivity index (χ2v) is 5.06. The molecule has 1 heterocycles. The van der Waals surface area contributed by atoms with Crippen LogP contribution in [0.5, 0.6) is 5.75 Å². The second-order valence-electron chi connectivity index (χ2n) is 3.86. The molecule has 0 fully saturated rings. The normalized spacial score (nSPS) is 10.3. The lowest BCUT2D eigenvalue weighted by Gasteiger charge is -2.08. The molecule has 0 atom stereocenters. The standard InChI is InChI=1S/C13H13BrClN3O/c1-19-10-4-2-3-9(7-10)5-6-16-12-11(14)8-17-13(15)18-12/h2-4,7-8H,5-6H2,1H3,(H,16,17,18). The third kappa shape index (κ3) is 4.08. The zero-order valence-electron chi connectivity index (χ0n) is 10.4.